The zero-order valence-electron chi connectivity index (χ0n) is 10.4. The maximum absolute atomic E-state index is 10.2. The molecule has 0 saturated heterocycles. The normalized spacial score (nSPS) is 12.4. The second-order valence-electron chi connectivity index (χ2n) is 3.89. The van der Waals surface area contributed by atoms with Crippen molar-refractivity contribution >= 4 is 6.16 Å². The monoisotopic (exact) mass is 232 g/mol. The molecular weight excluding hydrogens is 208 g/mol. The smallest absolute Gasteiger partial charge is 0.450 e. The Balaban J connectivity index is 3.66. The van der Waals surface area contributed by atoms with E-state index in [1.807, 2.05) is 0 Å². The van der Waals surface area contributed by atoms with Gasteiger partial charge in [-0.2, -0.15) is 0 Å². The molecule has 0 aliphatic rings. The Morgan fingerprint density at radius 1 is 1.12 bits per heavy atom. The van der Waals surface area contributed by atoms with Crippen LogP contribution in [0.4, 0.5) is 4.79 Å². The van der Waals surface area contributed by atoms with Crippen molar-refractivity contribution in [2.75, 3.05) is 13.2 Å². The Labute approximate surface area is 97.9 Å². The summed E-state index contributed by atoms with van der Waals surface area (Å²) in [6.45, 7) is 5.25. The summed E-state index contributed by atoms with van der Waals surface area (Å²) < 4.78 is 10.2. The van der Waals surface area contributed by atoms with E-state index in [0.29, 0.717) is 6.42 Å². The number of hydrogen-bond acceptors (Lipinski definition) is 3. The molecule has 96 valence electrons. The van der Waals surface area contributed by atoms with Crippen LogP contribution in [0.3, 0.4) is 0 Å². The van der Waals surface area contributed by atoms with Gasteiger partial charge in [0.15, 0.2) is 0 Å². The molecule has 0 amide bonds. The van der Waals surface area contributed by atoms with E-state index in [9.17, 15) is 4.79 Å². The van der Waals surface area contributed by atoms with E-state index in [-0.39, 0.29) is 12.7 Å². The first kappa shape index (κ1) is 15.2. The Hall–Kier alpha value is -0.770. The summed E-state index contributed by atoms with van der Waals surface area (Å²) in [6, 6.07) is 0. The topological polar surface area (TPSA) is 55.8 Å². The predicted molar refractivity (Wildman–Crippen MR) is 62.8 cm³/mol. The van der Waals surface area contributed by atoms with Gasteiger partial charge in [0.2, 0.25) is 0 Å². The van der Waals surface area contributed by atoms with Crippen molar-refractivity contribution in [3.63, 3.8) is 0 Å². The van der Waals surface area contributed by atoms with Gasteiger partial charge in [-0.3, -0.25) is 0 Å². The van der Waals surface area contributed by atoms with E-state index in [1.54, 1.807) is 0 Å². The molecule has 1 N–H and O–H groups in total. The predicted octanol–water partition coefficient (Wildman–Crippen LogP) is 3.45. The molecule has 4 nitrogen and oxygen atoms in total. The third kappa shape index (κ3) is 9.77. The Morgan fingerprint density at radius 2 is 1.81 bits per heavy atom. The van der Waals surface area contributed by atoms with Crippen LogP contribution in [-0.4, -0.2) is 30.6 Å². The van der Waals surface area contributed by atoms with Gasteiger partial charge >= 0.3 is 6.16 Å². The van der Waals surface area contributed by atoms with Crippen LogP contribution in [0.2, 0.25) is 0 Å². The third-order valence-corrected chi connectivity index (χ3v) is 2.40. The average molecular weight is 232 g/mol. The van der Waals surface area contributed by atoms with Gasteiger partial charge in [0, 0.05) is 13.0 Å². The number of hydrogen-bond donors (Lipinski definition) is 1. The fourth-order valence-electron chi connectivity index (χ4n) is 1.41. The lowest BCUT2D eigenvalue weighted by Crippen LogP contribution is -2.17. The number of rotatable bonds is 10. The Morgan fingerprint density at radius 3 is 2.38 bits per heavy atom. The highest BCUT2D eigenvalue weighted by Crippen LogP contribution is 2.10. The van der Waals surface area contributed by atoms with E-state index >= 15 is 0 Å². The highest BCUT2D eigenvalue weighted by Gasteiger charge is 2.09. The Bertz CT molecular complexity index is 170. The molecular formula is C12H24O4. The molecule has 1 unspecified atom stereocenters. The first-order valence-electron chi connectivity index (χ1n) is 6.18. The SMILES string of the molecule is CCCCOC(CCCC)CCOC(=O)O. The molecule has 0 aromatic carbocycles. The quantitative estimate of drug-likeness (QED) is 0.463. The summed E-state index contributed by atoms with van der Waals surface area (Å²) in [4.78, 5) is 10.2. The second-order valence-corrected chi connectivity index (χ2v) is 3.89. The van der Waals surface area contributed by atoms with Gasteiger partial charge in [0.05, 0.1) is 12.7 Å². The van der Waals surface area contributed by atoms with Crippen molar-refractivity contribution in [1.29, 1.82) is 0 Å². The van der Waals surface area contributed by atoms with Crippen molar-refractivity contribution in [2.45, 2.75) is 58.5 Å². The van der Waals surface area contributed by atoms with Gasteiger partial charge in [-0.15, -0.1) is 0 Å². The minimum atomic E-state index is -1.21. The lowest BCUT2D eigenvalue weighted by atomic mass is 10.1. The molecule has 0 radical (unpaired) electrons. The lowest BCUT2D eigenvalue weighted by Gasteiger charge is -2.17. The zero-order chi connectivity index (χ0) is 12.2. The highest BCUT2D eigenvalue weighted by molar-refractivity contribution is 5.56. The van der Waals surface area contributed by atoms with E-state index in [1.165, 1.54) is 0 Å². The molecule has 1 atom stereocenters. The molecule has 0 rings (SSSR count). The van der Waals surface area contributed by atoms with E-state index < -0.39 is 6.16 Å². The van der Waals surface area contributed by atoms with Gasteiger partial charge in [-0.25, -0.2) is 4.79 Å². The maximum atomic E-state index is 10.2. The molecule has 0 aromatic heterocycles. The first-order chi connectivity index (χ1) is 7.70. The van der Waals surface area contributed by atoms with Crippen LogP contribution in [0.5, 0.6) is 0 Å². The van der Waals surface area contributed by atoms with Crippen LogP contribution in [0.15, 0.2) is 0 Å². The summed E-state index contributed by atoms with van der Waals surface area (Å²) in [5.41, 5.74) is 0. The van der Waals surface area contributed by atoms with Crippen molar-refractivity contribution in [1.82, 2.24) is 0 Å². The van der Waals surface area contributed by atoms with Crippen LogP contribution in [-0.2, 0) is 9.47 Å². The summed E-state index contributed by atoms with van der Waals surface area (Å²) >= 11 is 0. The van der Waals surface area contributed by atoms with Crippen LogP contribution < -0.4 is 0 Å². The minimum absolute atomic E-state index is 0.144. The molecule has 4 heteroatoms. The van der Waals surface area contributed by atoms with Gasteiger partial charge in [-0.1, -0.05) is 33.1 Å². The van der Waals surface area contributed by atoms with Crippen molar-refractivity contribution in [3.8, 4) is 0 Å². The molecule has 0 heterocycles. The third-order valence-electron chi connectivity index (χ3n) is 2.40. The number of ether oxygens (including phenoxy) is 2. The molecule has 0 aromatic rings. The summed E-state index contributed by atoms with van der Waals surface area (Å²) in [7, 11) is 0. The number of unbranched alkanes of at least 4 members (excludes halogenated alkanes) is 2. The van der Waals surface area contributed by atoms with E-state index in [2.05, 4.69) is 18.6 Å². The van der Waals surface area contributed by atoms with Crippen LogP contribution in [0, 0.1) is 0 Å². The summed E-state index contributed by atoms with van der Waals surface area (Å²) in [6.07, 6.45) is 5.01. The Kier molecular flexibility index (Phi) is 10.2. The maximum Gasteiger partial charge on any atom is 0.505 e. The molecule has 0 aliphatic carbocycles. The zero-order valence-corrected chi connectivity index (χ0v) is 10.4. The van der Waals surface area contributed by atoms with E-state index in [4.69, 9.17) is 9.84 Å². The first-order valence-corrected chi connectivity index (χ1v) is 6.18. The highest BCUT2D eigenvalue weighted by atomic mass is 16.7. The van der Waals surface area contributed by atoms with Gasteiger partial charge < -0.3 is 14.6 Å². The fourth-order valence-corrected chi connectivity index (χ4v) is 1.41. The van der Waals surface area contributed by atoms with Crippen LogP contribution in [0.25, 0.3) is 0 Å². The average Bonchev–Trinajstić information content (AvgIpc) is 2.25. The van der Waals surface area contributed by atoms with Gasteiger partial charge in [0.25, 0.3) is 0 Å². The fraction of sp³-hybridized carbons (Fsp3) is 0.917. The summed E-state index contributed by atoms with van der Waals surface area (Å²) in [5.74, 6) is 0. The van der Waals surface area contributed by atoms with Crippen molar-refractivity contribution in [2.24, 2.45) is 0 Å². The van der Waals surface area contributed by atoms with Crippen molar-refractivity contribution < 1.29 is 19.4 Å². The van der Waals surface area contributed by atoms with Crippen molar-refractivity contribution in [3.05, 3.63) is 0 Å². The minimum Gasteiger partial charge on any atom is -0.450 e. The number of carboxylic acid groups (broad SMARTS) is 1. The molecule has 0 saturated carbocycles. The lowest BCUT2D eigenvalue weighted by molar-refractivity contribution is 0.0178. The molecule has 0 aliphatic heterocycles. The standard InChI is InChI=1S/C12H24O4/c1-3-5-7-11(15-9-6-4-2)8-10-16-12(13)14/h11H,3-10H2,1-2H3,(H,13,14). The van der Waals surface area contributed by atoms with Gasteiger partial charge in [-0.05, 0) is 12.8 Å². The second kappa shape index (κ2) is 10.7. The van der Waals surface area contributed by atoms with E-state index in [0.717, 1.165) is 38.7 Å². The molecule has 0 fully saturated rings. The molecule has 0 bridgehead atoms. The molecule has 0 spiro atoms. The molecule has 16 heavy (non-hydrogen) atoms. The van der Waals surface area contributed by atoms with Crippen LogP contribution >= 0.6 is 0 Å². The van der Waals surface area contributed by atoms with Crippen LogP contribution in [0.1, 0.15) is 52.4 Å². The van der Waals surface area contributed by atoms with Gasteiger partial charge in [0.1, 0.15) is 0 Å². The largest absolute Gasteiger partial charge is 0.505 e. The summed E-state index contributed by atoms with van der Waals surface area (Å²) in [5, 5.41) is 8.35. The number of carbonyl (C=O) groups is 1.